The van der Waals surface area contributed by atoms with Crippen molar-refractivity contribution >= 4 is 23.1 Å². The van der Waals surface area contributed by atoms with E-state index in [1.54, 1.807) is 24.3 Å². The van der Waals surface area contributed by atoms with Crippen LogP contribution in [-0.2, 0) is 0 Å². The molecule has 0 aromatic heterocycles. The van der Waals surface area contributed by atoms with E-state index >= 15 is 0 Å². The Kier molecular flexibility index (Phi) is 5.99. The van der Waals surface area contributed by atoms with Crippen molar-refractivity contribution in [3.05, 3.63) is 147 Å². The highest BCUT2D eigenvalue weighted by Gasteiger charge is 2.18. The number of carbonyl (C=O) groups excluding carboxylic acids is 1. The van der Waals surface area contributed by atoms with E-state index in [1.807, 2.05) is 48.5 Å². The SMILES string of the molecule is O=C(c1ccc(F)cc1)c1ccccc1C(=Cc1ccccc1)c1ccc([N+](=O)[O-])cc1. The first-order chi connectivity index (χ1) is 15.5. The largest absolute Gasteiger partial charge is 0.289 e. The molecule has 0 bridgehead atoms. The molecule has 0 atom stereocenters. The standard InChI is InChI=1S/C27H18FNO3/c28-22-14-10-21(11-15-22)27(30)25-9-5-4-8-24(25)26(18-19-6-2-1-3-7-19)20-12-16-23(17-13-20)29(31)32/h1-18H. The van der Waals surface area contributed by atoms with Gasteiger partial charge in [-0.15, -0.1) is 0 Å². The molecule has 32 heavy (non-hydrogen) atoms. The summed E-state index contributed by atoms with van der Waals surface area (Å²) in [5.41, 5.74) is 3.91. The summed E-state index contributed by atoms with van der Waals surface area (Å²) in [6.07, 6.45) is 1.94. The summed E-state index contributed by atoms with van der Waals surface area (Å²) >= 11 is 0. The molecular weight excluding hydrogens is 405 g/mol. The van der Waals surface area contributed by atoms with Crippen LogP contribution >= 0.6 is 0 Å². The molecule has 4 aromatic carbocycles. The number of nitrogens with zero attached hydrogens (tertiary/aromatic N) is 1. The first kappa shape index (κ1) is 20.9. The molecule has 0 N–H and O–H groups in total. The van der Waals surface area contributed by atoms with Crippen LogP contribution in [0.1, 0.15) is 32.6 Å². The highest BCUT2D eigenvalue weighted by molar-refractivity contribution is 6.13. The van der Waals surface area contributed by atoms with Crippen molar-refractivity contribution in [2.45, 2.75) is 0 Å². The van der Waals surface area contributed by atoms with E-state index in [9.17, 15) is 19.3 Å². The van der Waals surface area contributed by atoms with Gasteiger partial charge >= 0.3 is 0 Å². The summed E-state index contributed by atoms with van der Waals surface area (Å²) in [5, 5.41) is 11.1. The first-order valence-electron chi connectivity index (χ1n) is 9.94. The quantitative estimate of drug-likeness (QED) is 0.153. The van der Waals surface area contributed by atoms with Gasteiger partial charge < -0.3 is 0 Å². The lowest BCUT2D eigenvalue weighted by Crippen LogP contribution is -2.06. The lowest BCUT2D eigenvalue weighted by atomic mass is 9.89. The van der Waals surface area contributed by atoms with Crippen LogP contribution in [0.4, 0.5) is 10.1 Å². The van der Waals surface area contributed by atoms with Gasteiger partial charge in [0, 0.05) is 23.3 Å². The Morgan fingerprint density at radius 1 is 0.719 bits per heavy atom. The zero-order chi connectivity index (χ0) is 22.5. The second-order valence-corrected chi connectivity index (χ2v) is 7.15. The van der Waals surface area contributed by atoms with Gasteiger partial charge in [-0.1, -0.05) is 54.6 Å². The van der Waals surface area contributed by atoms with Crippen LogP contribution in [0.25, 0.3) is 11.6 Å². The summed E-state index contributed by atoms with van der Waals surface area (Å²) in [7, 11) is 0. The Balaban J connectivity index is 1.87. The van der Waals surface area contributed by atoms with E-state index in [4.69, 9.17) is 0 Å². The van der Waals surface area contributed by atoms with E-state index < -0.39 is 10.7 Å². The molecule has 0 aliphatic heterocycles. The van der Waals surface area contributed by atoms with Gasteiger partial charge in [-0.25, -0.2) is 4.39 Å². The second kappa shape index (κ2) is 9.18. The number of nitro groups is 1. The van der Waals surface area contributed by atoms with Crippen molar-refractivity contribution in [1.29, 1.82) is 0 Å². The maximum absolute atomic E-state index is 13.3. The molecular formula is C27H18FNO3. The average molecular weight is 423 g/mol. The number of hydrogen-bond acceptors (Lipinski definition) is 3. The minimum absolute atomic E-state index is 0.0107. The third kappa shape index (κ3) is 4.52. The first-order valence-corrected chi connectivity index (χ1v) is 9.94. The maximum atomic E-state index is 13.3. The topological polar surface area (TPSA) is 60.2 Å². The van der Waals surface area contributed by atoms with Crippen molar-refractivity contribution in [2.24, 2.45) is 0 Å². The van der Waals surface area contributed by atoms with Gasteiger partial charge in [0.15, 0.2) is 5.78 Å². The van der Waals surface area contributed by atoms with Gasteiger partial charge in [0.25, 0.3) is 5.69 Å². The number of carbonyl (C=O) groups is 1. The minimum atomic E-state index is -0.448. The molecule has 0 spiro atoms. The van der Waals surface area contributed by atoms with Crippen molar-refractivity contribution < 1.29 is 14.1 Å². The van der Waals surface area contributed by atoms with Crippen molar-refractivity contribution in [3.63, 3.8) is 0 Å². The van der Waals surface area contributed by atoms with Crippen LogP contribution in [0.3, 0.4) is 0 Å². The zero-order valence-electron chi connectivity index (χ0n) is 16.9. The summed E-state index contributed by atoms with van der Waals surface area (Å²) in [5.74, 6) is -0.646. The van der Waals surface area contributed by atoms with Gasteiger partial charge in [-0.3, -0.25) is 14.9 Å². The predicted octanol–water partition coefficient (Wildman–Crippen LogP) is 6.55. The van der Waals surface area contributed by atoms with E-state index in [1.165, 1.54) is 36.4 Å². The monoisotopic (exact) mass is 423 g/mol. The van der Waals surface area contributed by atoms with E-state index in [2.05, 4.69) is 0 Å². The minimum Gasteiger partial charge on any atom is -0.289 e. The van der Waals surface area contributed by atoms with E-state index in [-0.39, 0.29) is 11.5 Å². The third-order valence-electron chi connectivity index (χ3n) is 5.07. The number of ketones is 1. The van der Waals surface area contributed by atoms with Gasteiger partial charge in [0.2, 0.25) is 0 Å². The Labute approximate surface area is 184 Å². The highest BCUT2D eigenvalue weighted by Crippen LogP contribution is 2.31. The molecule has 0 saturated carbocycles. The molecule has 0 unspecified atom stereocenters. The molecule has 0 aliphatic rings. The number of hydrogen-bond donors (Lipinski definition) is 0. The molecule has 156 valence electrons. The molecule has 5 heteroatoms. The fourth-order valence-corrected chi connectivity index (χ4v) is 3.47. The van der Waals surface area contributed by atoms with E-state index in [0.717, 1.165) is 16.7 Å². The van der Waals surface area contributed by atoms with Gasteiger partial charge in [0.05, 0.1) is 4.92 Å². The molecule has 4 aromatic rings. The van der Waals surface area contributed by atoms with Gasteiger partial charge in [0.1, 0.15) is 5.82 Å². The Hall–Kier alpha value is -4.38. The molecule has 4 nitrogen and oxygen atoms in total. The summed E-state index contributed by atoms with van der Waals surface area (Å²) in [6, 6.07) is 28.5. The van der Waals surface area contributed by atoms with Crippen LogP contribution in [0.15, 0.2) is 103 Å². The van der Waals surface area contributed by atoms with Crippen LogP contribution in [0.5, 0.6) is 0 Å². The average Bonchev–Trinajstić information content (AvgIpc) is 2.83. The number of benzene rings is 4. The second-order valence-electron chi connectivity index (χ2n) is 7.15. The number of halogens is 1. The number of non-ortho nitro benzene ring substituents is 1. The summed E-state index contributed by atoms with van der Waals surface area (Å²) < 4.78 is 13.3. The molecule has 0 saturated heterocycles. The van der Waals surface area contributed by atoms with E-state index in [0.29, 0.717) is 16.7 Å². The molecule has 0 heterocycles. The predicted molar refractivity (Wildman–Crippen MR) is 123 cm³/mol. The number of nitro benzene ring substituents is 1. The molecule has 0 radical (unpaired) electrons. The zero-order valence-corrected chi connectivity index (χ0v) is 16.9. The smallest absolute Gasteiger partial charge is 0.269 e. The molecule has 0 fully saturated rings. The Morgan fingerprint density at radius 3 is 1.91 bits per heavy atom. The van der Waals surface area contributed by atoms with Crippen molar-refractivity contribution in [1.82, 2.24) is 0 Å². The van der Waals surface area contributed by atoms with Crippen LogP contribution in [0.2, 0.25) is 0 Å². The maximum Gasteiger partial charge on any atom is 0.269 e. The van der Waals surface area contributed by atoms with Crippen molar-refractivity contribution in [2.75, 3.05) is 0 Å². The fourth-order valence-electron chi connectivity index (χ4n) is 3.47. The van der Waals surface area contributed by atoms with Crippen LogP contribution in [-0.4, -0.2) is 10.7 Å². The van der Waals surface area contributed by atoms with Crippen LogP contribution < -0.4 is 0 Å². The lowest BCUT2D eigenvalue weighted by molar-refractivity contribution is -0.384. The molecule has 4 rings (SSSR count). The van der Waals surface area contributed by atoms with Crippen LogP contribution in [0, 0.1) is 15.9 Å². The number of rotatable bonds is 6. The Bertz CT molecular complexity index is 1300. The summed E-state index contributed by atoms with van der Waals surface area (Å²) in [4.78, 5) is 23.9. The fraction of sp³-hybridized carbons (Fsp3) is 0. The van der Waals surface area contributed by atoms with Crippen molar-refractivity contribution in [3.8, 4) is 0 Å². The lowest BCUT2D eigenvalue weighted by Gasteiger charge is -2.14. The van der Waals surface area contributed by atoms with Gasteiger partial charge in [-0.2, -0.15) is 0 Å². The normalized spacial score (nSPS) is 11.2. The summed E-state index contributed by atoms with van der Waals surface area (Å²) in [6.45, 7) is 0. The van der Waals surface area contributed by atoms with Gasteiger partial charge in [-0.05, 0) is 64.7 Å². The molecule has 0 aliphatic carbocycles. The Morgan fingerprint density at radius 2 is 1.28 bits per heavy atom. The molecule has 0 amide bonds. The third-order valence-corrected chi connectivity index (χ3v) is 5.07. The highest BCUT2D eigenvalue weighted by atomic mass is 19.1.